The molecule has 0 atom stereocenters. The summed E-state index contributed by atoms with van der Waals surface area (Å²) in [5.74, 6) is 0.251. The number of guanidine groups is 1. The molecule has 0 aliphatic carbocycles. The Labute approximate surface area is 181 Å². The van der Waals surface area contributed by atoms with Gasteiger partial charge in [0.1, 0.15) is 23.0 Å². The molecule has 2 N–H and O–H groups in total. The van der Waals surface area contributed by atoms with Gasteiger partial charge < -0.3 is 14.8 Å². The Morgan fingerprint density at radius 1 is 1.07 bits per heavy atom. The first-order valence-corrected chi connectivity index (χ1v) is 10.1. The van der Waals surface area contributed by atoms with Crippen LogP contribution in [0.25, 0.3) is 0 Å². The molecule has 0 spiro atoms. The molecular formula is C21H16ClF2N3O2S. The molecule has 3 aromatic carbocycles. The quantitative estimate of drug-likeness (QED) is 0.470. The van der Waals surface area contributed by atoms with Crippen molar-refractivity contribution in [3.05, 3.63) is 76.8 Å². The van der Waals surface area contributed by atoms with Gasteiger partial charge >= 0.3 is 0 Å². The van der Waals surface area contributed by atoms with Crippen LogP contribution in [0.15, 0.2) is 64.5 Å². The lowest BCUT2D eigenvalue weighted by atomic mass is 10.2. The smallest absolute Gasteiger partial charge is 0.206 e. The van der Waals surface area contributed by atoms with Crippen molar-refractivity contribution < 1.29 is 18.3 Å². The first kappa shape index (κ1) is 20.3. The third-order valence-electron chi connectivity index (χ3n) is 4.28. The number of anilines is 1. The first-order valence-electron chi connectivity index (χ1n) is 8.87. The van der Waals surface area contributed by atoms with E-state index in [0.717, 1.165) is 0 Å². The SMILES string of the molecule is COc1ccc(F)c(CN=C2NSc3ccc(F)c(Oc4ccccc4Cl)c3N2)c1. The molecule has 1 heterocycles. The number of halogens is 3. The van der Waals surface area contributed by atoms with Gasteiger partial charge in [-0.15, -0.1) is 0 Å². The number of para-hydroxylation sites is 1. The summed E-state index contributed by atoms with van der Waals surface area (Å²) in [6, 6.07) is 14.2. The standard InChI is InChI=1S/C21H16ClF2N3O2S/c1-28-13-6-7-15(23)12(10-13)11-25-21-26-19-18(30-27-21)9-8-16(24)20(19)29-17-5-3-2-4-14(17)22/h2-10H,11H2,1H3,(H2,25,26,27). The Balaban J connectivity index is 1.61. The van der Waals surface area contributed by atoms with E-state index in [1.807, 2.05) is 0 Å². The fourth-order valence-electron chi connectivity index (χ4n) is 2.76. The molecule has 5 nitrogen and oxygen atoms in total. The molecule has 30 heavy (non-hydrogen) atoms. The molecule has 154 valence electrons. The van der Waals surface area contributed by atoms with Crippen molar-refractivity contribution in [2.45, 2.75) is 11.4 Å². The van der Waals surface area contributed by atoms with E-state index in [0.29, 0.717) is 38.6 Å². The zero-order chi connectivity index (χ0) is 21.1. The van der Waals surface area contributed by atoms with Gasteiger partial charge in [0.05, 0.1) is 23.6 Å². The number of rotatable bonds is 5. The molecule has 0 saturated carbocycles. The average molecular weight is 448 g/mol. The van der Waals surface area contributed by atoms with Crippen LogP contribution in [-0.2, 0) is 6.54 Å². The van der Waals surface area contributed by atoms with Crippen LogP contribution < -0.4 is 19.5 Å². The lowest BCUT2D eigenvalue weighted by molar-refractivity contribution is 0.413. The van der Waals surface area contributed by atoms with Gasteiger partial charge in [-0.3, -0.25) is 4.72 Å². The molecule has 1 aliphatic rings. The summed E-state index contributed by atoms with van der Waals surface area (Å²) in [5, 5.41) is 3.38. The monoisotopic (exact) mass is 447 g/mol. The van der Waals surface area contributed by atoms with Gasteiger partial charge in [-0.25, -0.2) is 13.8 Å². The van der Waals surface area contributed by atoms with E-state index in [4.69, 9.17) is 21.1 Å². The zero-order valence-corrected chi connectivity index (χ0v) is 17.3. The molecule has 0 amide bonds. The number of hydrogen-bond acceptors (Lipinski definition) is 4. The summed E-state index contributed by atoms with van der Waals surface area (Å²) in [4.78, 5) is 5.07. The highest BCUT2D eigenvalue weighted by Crippen LogP contribution is 2.42. The van der Waals surface area contributed by atoms with Crippen molar-refractivity contribution in [2.24, 2.45) is 4.99 Å². The molecule has 3 aromatic rings. The fraction of sp³-hybridized carbons (Fsp3) is 0.0952. The van der Waals surface area contributed by atoms with Crippen LogP contribution in [0.3, 0.4) is 0 Å². The Hall–Kier alpha value is -2.97. The van der Waals surface area contributed by atoms with Crippen molar-refractivity contribution in [1.29, 1.82) is 0 Å². The molecular weight excluding hydrogens is 432 g/mol. The summed E-state index contributed by atoms with van der Waals surface area (Å²) >= 11 is 7.38. The lowest BCUT2D eigenvalue weighted by Gasteiger charge is -2.23. The minimum Gasteiger partial charge on any atom is -0.497 e. The summed E-state index contributed by atoms with van der Waals surface area (Å²) < 4.78 is 42.5. The number of hydrogen-bond donors (Lipinski definition) is 2. The maximum Gasteiger partial charge on any atom is 0.206 e. The van der Waals surface area contributed by atoms with E-state index in [9.17, 15) is 8.78 Å². The van der Waals surface area contributed by atoms with E-state index in [-0.39, 0.29) is 12.3 Å². The summed E-state index contributed by atoms with van der Waals surface area (Å²) in [7, 11) is 1.51. The van der Waals surface area contributed by atoms with Gasteiger partial charge in [-0.1, -0.05) is 23.7 Å². The number of methoxy groups -OCH3 is 1. The lowest BCUT2D eigenvalue weighted by Crippen LogP contribution is -2.29. The summed E-state index contributed by atoms with van der Waals surface area (Å²) in [5.41, 5.74) is 0.775. The number of fused-ring (bicyclic) bond motifs is 1. The topological polar surface area (TPSA) is 54.9 Å². The van der Waals surface area contributed by atoms with Crippen LogP contribution in [-0.4, -0.2) is 13.1 Å². The zero-order valence-electron chi connectivity index (χ0n) is 15.7. The van der Waals surface area contributed by atoms with E-state index >= 15 is 0 Å². The van der Waals surface area contributed by atoms with Crippen LogP contribution in [0, 0.1) is 11.6 Å². The number of benzene rings is 3. The number of nitrogens with zero attached hydrogens (tertiary/aromatic N) is 1. The molecule has 0 fully saturated rings. The van der Waals surface area contributed by atoms with Crippen molar-refractivity contribution >= 4 is 35.2 Å². The van der Waals surface area contributed by atoms with Crippen LogP contribution in [0.4, 0.5) is 14.5 Å². The van der Waals surface area contributed by atoms with Crippen LogP contribution in [0.2, 0.25) is 5.02 Å². The van der Waals surface area contributed by atoms with Crippen LogP contribution >= 0.6 is 23.5 Å². The molecule has 4 rings (SSSR count). The second-order valence-corrected chi connectivity index (χ2v) is 7.49. The average Bonchev–Trinajstić information content (AvgIpc) is 2.76. The van der Waals surface area contributed by atoms with E-state index in [1.54, 1.807) is 36.4 Å². The minimum atomic E-state index is -0.554. The second kappa shape index (κ2) is 8.81. The number of ether oxygens (including phenoxy) is 2. The largest absolute Gasteiger partial charge is 0.497 e. The van der Waals surface area contributed by atoms with E-state index < -0.39 is 11.6 Å². The van der Waals surface area contributed by atoms with Crippen molar-refractivity contribution in [2.75, 3.05) is 12.4 Å². The highest BCUT2D eigenvalue weighted by Gasteiger charge is 2.22. The highest BCUT2D eigenvalue weighted by molar-refractivity contribution is 7.98. The maximum absolute atomic E-state index is 14.6. The molecule has 9 heteroatoms. The molecule has 0 unspecified atom stereocenters. The summed E-state index contributed by atoms with van der Waals surface area (Å²) in [6.07, 6.45) is 0. The van der Waals surface area contributed by atoms with Crippen molar-refractivity contribution in [3.8, 4) is 17.2 Å². The maximum atomic E-state index is 14.6. The highest BCUT2D eigenvalue weighted by atomic mass is 35.5. The van der Waals surface area contributed by atoms with Crippen LogP contribution in [0.5, 0.6) is 17.2 Å². The minimum absolute atomic E-state index is 0.00476. The third kappa shape index (κ3) is 4.29. The Morgan fingerprint density at radius 2 is 1.87 bits per heavy atom. The van der Waals surface area contributed by atoms with E-state index in [1.165, 1.54) is 37.3 Å². The number of aliphatic imine (C=N–C) groups is 1. The summed E-state index contributed by atoms with van der Waals surface area (Å²) in [6.45, 7) is 0.0598. The Bertz CT molecular complexity index is 1130. The van der Waals surface area contributed by atoms with Gasteiger partial charge in [0.15, 0.2) is 11.6 Å². The Morgan fingerprint density at radius 3 is 2.67 bits per heavy atom. The predicted molar refractivity (Wildman–Crippen MR) is 115 cm³/mol. The van der Waals surface area contributed by atoms with E-state index in [2.05, 4.69) is 15.0 Å². The molecule has 1 aliphatic heterocycles. The van der Waals surface area contributed by atoms with Crippen molar-refractivity contribution in [1.82, 2.24) is 4.72 Å². The molecule has 0 saturated heterocycles. The van der Waals surface area contributed by atoms with Gasteiger partial charge in [0.2, 0.25) is 5.96 Å². The fourth-order valence-corrected chi connectivity index (χ4v) is 3.64. The first-order chi connectivity index (χ1) is 14.5. The van der Waals surface area contributed by atoms with Gasteiger partial charge in [-0.05, 0) is 54.4 Å². The van der Waals surface area contributed by atoms with Crippen LogP contribution in [0.1, 0.15) is 5.56 Å². The molecule has 0 bridgehead atoms. The third-order valence-corrected chi connectivity index (χ3v) is 5.45. The predicted octanol–water partition coefficient (Wildman–Crippen LogP) is 6.00. The van der Waals surface area contributed by atoms with Gasteiger partial charge in [0.25, 0.3) is 0 Å². The van der Waals surface area contributed by atoms with Gasteiger partial charge in [0, 0.05) is 5.56 Å². The molecule has 0 radical (unpaired) electrons. The second-order valence-electron chi connectivity index (χ2n) is 6.23. The number of nitrogens with one attached hydrogen (secondary N) is 2. The van der Waals surface area contributed by atoms with Crippen molar-refractivity contribution in [3.63, 3.8) is 0 Å². The molecule has 0 aromatic heterocycles. The Kier molecular flexibility index (Phi) is 5.96. The van der Waals surface area contributed by atoms with Gasteiger partial charge in [-0.2, -0.15) is 0 Å². The normalized spacial score (nSPS) is 13.9.